The Morgan fingerprint density at radius 1 is 1.38 bits per heavy atom. The Morgan fingerprint density at radius 3 is 2.96 bits per heavy atom. The minimum Gasteiger partial charge on any atom is -0.328 e. The average molecular weight is 387 g/mol. The van der Waals surface area contributed by atoms with Gasteiger partial charge in [-0.3, -0.25) is 4.79 Å². The summed E-state index contributed by atoms with van der Waals surface area (Å²) in [6.45, 7) is 0. The fraction of sp³-hybridized carbons (Fsp3) is 0.438. The summed E-state index contributed by atoms with van der Waals surface area (Å²) in [5.74, 6) is -0.00960. The number of nitrogens with one attached hydrogen (secondary N) is 1. The van der Waals surface area contributed by atoms with Gasteiger partial charge in [0.15, 0.2) is 0 Å². The van der Waals surface area contributed by atoms with Gasteiger partial charge >= 0.3 is 0 Å². The van der Waals surface area contributed by atoms with E-state index in [2.05, 4.69) is 15.5 Å². The van der Waals surface area contributed by atoms with E-state index in [4.69, 9.17) is 17.3 Å². The third-order valence-corrected chi connectivity index (χ3v) is 5.10. The molecule has 1 saturated carbocycles. The normalized spacial score (nSPS) is 20.2. The van der Waals surface area contributed by atoms with Gasteiger partial charge in [-0.15, -0.1) is 22.6 Å². The lowest BCUT2D eigenvalue weighted by Gasteiger charge is -2.25. The first-order valence-corrected chi connectivity index (χ1v) is 8.93. The molecule has 0 aliphatic heterocycles. The number of nitrogens with two attached hydrogens (primary N) is 1. The third-order valence-electron chi connectivity index (χ3n) is 4.03. The van der Waals surface area contributed by atoms with Gasteiger partial charge in [-0.05, 0) is 37.0 Å². The summed E-state index contributed by atoms with van der Waals surface area (Å²) in [5.41, 5.74) is 7.02. The second-order valence-corrected chi connectivity index (χ2v) is 7.42. The van der Waals surface area contributed by atoms with Gasteiger partial charge in [-0.1, -0.05) is 41.5 Å². The Labute approximate surface area is 156 Å². The largest absolute Gasteiger partial charge is 0.328 e. The van der Waals surface area contributed by atoms with Crippen molar-refractivity contribution in [3.63, 3.8) is 0 Å². The maximum atomic E-state index is 12.3. The molecule has 0 saturated heterocycles. The Morgan fingerprint density at radius 2 is 2.21 bits per heavy atom. The number of carbonyl (C=O) groups is 1. The first-order valence-electron chi connectivity index (χ1n) is 7.73. The molecule has 0 spiro atoms. The van der Waals surface area contributed by atoms with E-state index in [1.807, 2.05) is 24.3 Å². The molecule has 24 heavy (non-hydrogen) atoms. The van der Waals surface area contributed by atoms with Crippen LogP contribution in [-0.2, 0) is 11.2 Å². The first kappa shape index (κ1) is 19.1. The number of amides is 1. The number of anilines is 1. The third kappa shape index (κ3) is 5.14. The number of halogens is 2. The van der Waals surface area contributed by atoms with Crippen LogP contribution in [0.4, 0.5) is 5.13 Å². The molecule has 1 aromatic carbocycles. The number of hydrogen-bond acceptors (Lipinski definition) is 5. The molecule has 1 aliphatic carbocycles. The van der Waals surface area contributed by atoms with Gasteiger partial charge in [0, 0.05) is 23.4 Å². The number of nitrogens with zero attached hydrogens (tertiary/aromatic N) is 2. The summed E-state index contributed by atoms with van der Waals surface area (Å²) in [4.78, 5) is 12.3. The second kappa shape index (κ2) is 8.76. The van der Waals surface area contributed by atoms with E-state index in [0.717, 1.165) is 36.3 Å². The average Bonchev–Trinajstić information content (AvgIpc) is 2.94. The topological polar surface area (TPSA) is 80.9 Å². The molecule has 1 amide bonds. The molecule has 1 aromatic heterocycles. The van der Waals surface area contributed by atoms with E-state index in [0.29, 0.717) is 16.6 Å². The van der Waals surface area contributed by atoms with Crippen molar-refractivity contribution in [1.82, 2.24) is 10.2 Å². The quantitative estimate of drug-likeness (QED) is 0.839. The highest BCUT2D eigenvalue weighted by Crippen LogP contribution is 2.26. The molecule has 2 aromatic rings. The van der Waals surface area contributed by atoms with Crippen molar-refractivity contribution < 1.29 is 4.79 Å². The fourth-order valence-corrected chi connectivity index (χ4v) is 3.86. The van der Waals surface area contributed by atoms with Gasteiger partial charge < -0.3 is 11.1 Å². The molecule has 3 N–H and O–H groups in total. The molecule has 1 heterocycles. The Balaban J connectivity index is 0.00000208. The number of carbonyl (C=O) groups excluding carboxylic acids is 1. The van der Waals surface area contributed by atoms with Gasteiger partial charge in [-0.2, -0.15) is 0 Å². The van der Waals surface area contributed by atoms with Gasteiger partial charge in [0.05, 0.1) is 0 Å². The zero-order chi connectivity index (χ0) is 16.2. The second-order valence-electron chi connectivity index (χ2n) is 5.92. The Bertz CT molecular complexity index is 694. The lowest BCUT2D eigenvalue weighted by Crippen LogP contribution is -2.34. The van der Waals surface area contributed by atoms with E-state index >= 15 is 0 Å². The van der Waals surface area contributed by atoms with Crippen LogP contribution in [0.5, 0.6) is 0 Å². The number of hydrogen-bond donors (Lipinski definition) is 2. The first-order chi connectivity index (χ1) is 11.1. The molecule has 1 aliphatic rings. The summed E-state index contributed by atoms with van der Waals surface area (Å²) in [6, 6.07) is 7.78. The smallest absolute Gasteiger partial charge is 0.229 e. The number of benzene rings is 1. The van der Waals surface area contributed by atoms with Crippen LogP contribution in [0, 0.1) is 5.92 Å². The highest BCUT2D eigenvalue weighted by molar-refractivity contribution is 7.15. The summed E-state index contributed by atoms with van der Waals surface area (Å²) in [7, 11) is 0. The van der Waals surface area contributed by atoms with Crippen molar-refractivity contribution in [3.05, 3.63) is 39.9 Å². The van der Waals surface area contributed by atoms with Crippen LogP contribution in [0.15, 0.2) is 24.3 Å². The van der Waals surface area contributed by atoms with Crippen LogP contribution in [0.3, 0.4) is 0 Å². The number of aromatic nitrogens is 2. The minimum atomic E-state index is -0.0148. The van der Waals surface area contributed by atoms with E-state index in [1.165, 1.54) is 11.3 Å². The molecule has 0 radical (unpaired) electrons. The maximum Gasteiger partial charge on any atom is 0.229 e. The molecule has 8 heteroatoms. The van der Waals surface area contributed by atoms with Gasteiger partial charge in [-0.25, -0.2) is 0 Å². The van der Waals surface area contributed by atoms with Crippen LogP contribution in [0.25, 0.3) is 0 Å². The Hall–Kier alpha value is -1.21. The fourth-order valence-electron chi connectivity index (χ4n) is 2.87. The number of rotatable bonds is 4. The predicted octanol–water partition coefficient (Wildman–Crippen LogP) is 3.66. The molecule has 0 bridgehead atoms. The molecule has 130 valence electrons. The highest BCUT2D eigenvalue weighted by Gasteiger charge is 2.26. The standard InChI is InChI=1S/C16H19ClN4OS.ClH/c17-12-5-1-3-10(7-12)8-14-20-21-16(23-14)19-15(22)11-4-2-6-13(18)9-11;/h1,3,5,7,11,13H,2,4,6,8-9,18H2,(H,19,21,22);1H. The summed E-state index contributed by atoms with van der Waals surface area (Å²) in [6.07, 6.45) is 4.32. The zero-order valence-electron chi connectivity index (χ0n) is 13.1. The van der Waals surface area contributed by atoms with E-state index < -0.39 is 0 Å². The van der Waals surface area contributed by atoms with Gasteiger partial charge in [0.2, 0.25) is 11.0 Å². The van der Waals surface area contributed by atoms with Crippen molar-refractivity contribution in [1.29, 1.82) is 0 Å². The van der Waals surface area contributed by atoms with Crippen LogP contribution in [0.2, 0.25) is 5.02 Å². The molecule has 2 unspecified atom stereocenters. The van der Waals surface area contributed by atoms with Crippen molar-refractivity contribution in [2.24, 2.45) is 11.7 Å². The van der Waals surface area contributed by atoms with Gasteiger partial charge in [0.1, 0.15) is 5.01 Å². The van der Waals surface area contributed by atoms with Crippen molar-refractivity contribution >= 4 is 46.4 Å². The SMILES string of the molecule is Cl.NC1CCCC(C(=O)Nc2nnc(Cc3cccc(Cl)c3)s2)C1. The van der Waals surface area contributed by atoms with Crippen molar-refractivity contribution in [2.45, 2.75) is 38.1 Å². The van der Waals surface area contributed by atoms with Crippen LogP contribution in [-0.4, -0.2) is 22.1 Å². The molecule has 2 atom stereocenters. The van der Waals surface area contributed by atoms with Gasteiger partial charge in [0.25, 0.3) is 0 Å². The monoisotopic (exact) mass is 386 g/mol. The lowest BCUT2D eigenvalue weighted by atomic mass is 9.86. The van der Waals surface area contributed by atoms with E-state index in [-0.39, 0.29) is 30.3 Å². The summed E-state index contributed by atoms with van der Waals surface area (Å²) >= 11 is 7.38. The maximum absolute atomic E-state index is 12.3. The molecular formula is C16H20Cl2N4OS. The van der Waals surface area contributed by atoms with E-state index in [9.17, 15) is 4.79 Å². The lowest BCUT2D eigenvalue weighted by molar-refractivity contribution is -0.120. The van der Waals surface area contributed by atoms with Crippen molar-refractivity contribution in [2.75, 3.05) is 5.32 Å². The zero-order valence-corrected chi connectivity index (χ0v) is 15.5. The molecular weight excluding hydrogens is 367 g/mol. The van der Waals surface area contributed by atoms with Crippen LogP contribution in [0.1, 0.15) is 36.3 Å². The highest BCUT2D eigenvalue weighted by atomic mass is 35.5. The van der Waals surface area contributed by atoms with Crippen LogP contribution < -0.4 is 11.1 Å². The Kier molecular flexibility index (Phi) is 6.98. The molecule has 1 fully saturated rings. The van der Waals surface area contributed by atoms with Crippen LogP contribution >= 0.6 is 35.3 Å². The predicted molar refractivity (Wildman–Crippen MR) is 100.0 cm³/mol. The summed E-state index contributed by atoms with van der Waals surface area (Å²) < 4.78 is 0. The summed E-state index contributed by atoms with van der Waals surface area (Å²) in [5, 5.41) is 13.2. The van der Waals surface area contributed by atoms with E-state index in [1.54, 1.807) is 0 Å². The molecule has 3 rings (SSSR count). The minimum absolute atomic E-state index is 0. The van der Waals surface area contributed by atoms with Crippen molar-refractivity contribution in [3.8, 4) is 0 Å². The molecule has 5 nitrogen and oxygen atoms in total.